The summed E-state index contributed by atoms with van der Waals surface area (Å²) in [6, 6.07) is 6.14. The highest BCUT2D eigenvalue weighted by molar-refractivity contribution is 5.87. The van der Waals surface area contributed by atoms with Crippen molar-refractivity contribution in [2.75, 3.05) is 6.61 Å². The smallest absolute Gasteiger partial charge is 0.330 e. The summed E-state index contributed by atoms with van der Waals surface area (Å²) in [5.74, 6) is -0.293. The molecule has 2 nitrogen and oxygen atoms in total. The van der Waals surface area contributed by atoms with Gasteiger partial charge in [-0.25, -0.2) is 4.79 Å². The lowest BCUT2D eigenvalue weighted by Crippen LogP contribution is -1.98. The summed E-state index contributed by atoms with van der Waals surface area (Å²) < 4.78 is 4.81. The zero-order valence-corrected chi connectivity index (χ0v) is 9.41. The Kier molecular flexibility index (Phi) is 4.10. The van der Waals surface area contributed by atoms with Crippen molar-refractivity contribution in [1.29, 1.82) is 0 Å². The summed E-state index contributed by atoms with van der Waals surface area (Å²) in [5.41, 5.74) is 3.40. The number of benzene rings is 1. The van der Waals surface area contributed by atoms with Gasteiger partial charge >= 0.3 is 5.97 Å². The second-order valence-electron chi connectivity index (χ2n) is 3.45. The van der Waals surface area contributed by atoms with Gasteiger partial charge in [-0.3, -0.25) is 0 Å². The minimum atomic E-state index is -0.293. The van der Waals surface area contributed by atoms with Crippen molar-refractivity contribution in [3.63, 3.8) is 0 Å². The third-order valence-electron chi connectivity index (χ3n) is 2.12. The van der Waals surface area contributed by atoms with Gasteiger partial charge in [0.05, 0.1) is 6.61 Å². The van der Waals surface area contributed by atoms with Crippen LogP contribution in [-0.2, 0) is 9.53 Å². The minimum absolute atomic E-state index is 0.293. The average Bonchev–Trinajstić information content (AvgIpc) is 2.20. The van der Waals surface area contributed by atoms with Crippen LogP contribution < -0.4 is 0 Å². The molecule has 0 atom stereocenters. The molecule has 0 aliphatic rings. The average molecular weight is 204 g/mol. The lowest BCUT2D eigenvalue weighted by molar-refractivity contribution is -0.137. The van der Waals surface area contributed by atoms with Crippen molar-refractivity contribution in [2.24, 2.45) is 0 Å². The van der Waals surface area contributed by atoms with Crippen molar-refractivity contribution < 1.29 is 9.53 Å². The molecular formula is C13H16O2. The Morgan fingerprint density at radius 3 is 2.80 bits per heavy atom. The molecule has 0 bridgehead atoms. The molecule has 0 heterocycles. The molecule has 0 aromatic heterocycles. The summed E-state index contributed by atoms with van der Waals surface area (Å²) in [6.07, 6.45) is 3.26. The Bertz CT molecular complexity index is 378. The van der Waals surface area contributed by atoms with E-state index in [1.165, 1.54) is 11.6 Å². The Balaban J connectivity index is 2.79. The van der Waals surface area contributed by atoms with Gasteiger partial charge < -0.3 is 4.74 Å². The van der Waals surface area contributed by atoms with Crippen molar-refractivity contribution >= 4 is 12.0 Å². The van der Waals surface area contributed by atoms with Gasteiger partial charge in [0.15, 0.2) is 0 Å². The number of hydrogen-bond acceptors (Lipinski definition) is 2. The van der Waals surface area contributed by atoms with E-state index in [2.05, 4.69) is 6.07 Å². The summed E-state index contributed by atoms with van der Waals surface area (Å²) in [6.45, 7) is 6.25. The quantitative estimate of drug-likeness (QED) is 0.559. The summed E-state index contributed by atoms with van der Waals surface area (Å²) >= 11 is 0. The SMILES string of the molecule is CCOC(=O)/C=C/c1cc(C)ccc1C. The molecule has 0 spiro atoms. The molecule has 1 aromatic carbocycles. The topological polar surface area (TPSA) is 26.3 Å². The molecule has 0 aliphatic heterocycles. The van der Waals surface area contributed by atoms with Crippen LogP contribution in [-0.4, -0.2) is 12.6 Å². The standard InChI is InChI=1S/C13H16O2/c1-4-15-13(14)8-7-12-9-10(2)5-6-11(12)3/h5-9H,4H2,1-3H3/b8-7+. The first-order valence-corrected chi connectivity index (χ1v) is 5.05. The number of aryl methyl sites for hydroxylation is 2. The highest BCUT2D eigenvalue weighted by Crippen LogP contribution is 2.12. The van der Waals surface area contributed by atoms with Gasteiger partial charge in [0.2, 0.25) is 0 Å². The maximum Gasteiger partial charge on any atom is 0.330 e. The van der Waals surface area contributed by atoms with Crippen molar-refractivity contribution in [3.05, 3.63) is 41.0 Å². The maximum absolute atomic E-state index is 11.1. The predicted molar refractivity (Wildman–Crippen MR) is 61.6 cm³/mol. The van der Waals surface area contributed by atoms with Crippen molar-refractivity contribution in [1.82, 2.24) is 0 Å². The number of hydrogen-bond donors (Lipinski definition) is 0. The molecule has 15 heavy (non-hydrogen) atoms. The molecular weight excluding hydrogens is 188 g/mol. The molecule has 1 aromatic rings. The Hall–Kier alpha value is -1.57. The van der Waals surface area contributed by atoms with Crippen LogP contribution in [0.15, 0.2) is 24.3 Å². The molecule has 0 saturated heterocycles. The maximum atomic E-state index is 11.1. The lowest BCUT2D eigenvalue weighted by atomic mass is 10.1. The third kappa shape index (κ3) is 3.58. The van der Waals surface area contributed by atoms with Crippen LogP contribution in [0.25, 0.3) is 6.08 Å². The second kappa shape index (κ2) is 5.35. The third-order valence-corrected chi connectivity index (χ3v) is 2.12. The number of rotatable bonds is 3. The van der Waals surface area contributed by atoms with E-state index in [-0.39, 0.29) is 5.97 Å². The van der Waals surface area contributed by atoms with Crippen molar-refractivity contribution in [2.45, 2.75) is 20.8 Å². The van der Waals surface area contributed by atoms with Crippen LogP contribution in [0, 0.1) is 13.8 Å². The fourth-order valence-corrected chi connectivity index (χ4v) is 1.29. The van der Waals surface area contributed by atoms with E-state index < -0.39 is 0 Å². The fraction of sp³-hybridized carbons (Fsp3) is 0.308. The molecule has 0 aliphatic carbocycles. The van der Waals surface area contributed by atoms with Crippen LogP contribution in [0.3, 0.4) is 0 Å². The molecule has 0 fully saturated rings. The van der Waals surface area contributed by atoms with Crippen LogP contribution in [0.5, 0.6) is 0 Å². The minimum Gasteiger partial charge on any atom is -0.463 e. The van der Waals surface area contributed by atoms with E-state index in [4.69, 9.17) is 4.74 Å². The molecule has 1 rings (SSSR count). The first-order valence-electron chi connectivity index (χ1n) is 5.05. The van der Waals surface area contributed by atoms with Crippen LogP contribution in [0.1, 0.15) is 23.6 Å². The first-order chi connectivity index (χ1) is 7.13. The van der Waals surface area contributed by atoms with Gasteiger partial charge in [-0.05, 0) is 38.0 Å². The molecule has 0 radical (unpaired) electrons. The van der Waals surface area contributed by atoms with Gasteiger partial charge in [0.25, 0.3) is 0 Å². The Morgan fingerprint density at radius 1 is 1.40 bits per heavy atom. The Morgan fingerprint density at radius 2 is 2.13 bits per heavy atom. The van der Waals surface area contributed by atoms with Gasteiger partial charge in [-0.15, -0.1) is 0 Å². The lowest BCUT2D eigenvalue weighted by Gasteiger charge is -2.01. The van der Waals surface area contributed by atoms with Crippen molar-refractivity contribution in [3.8, 4) is 0 Å². The summed E-state index contributed by atoms with van der Waals surface area (Å²) in [4.78, 5) is 11.1. The molecule has 2 heteroatoms. The molecule has 0 amide bonds. The van der Waals surface area contributed by atoms with E-state index in [9.17, 15) is 4.79 Å². The van der Waals surface area contributed by atoms with E-state index in [0.717, 1.165) is 11.1 Å². The van der Waals surface area contributed by atoms with Gasteiger partial charge in [0, 0.05) is 6.08 Å². The molecule has 80 valence electrons. The van der Waals surface area contributed by atoms with E-state index >= 15 is 0 Å². The van der Waals surface area contributed by atoms with Gasteiger partial charge in [0.1, 0.15) is 0 Å². The number of carbonyl (C=O) groups excluding carboxylic acids is 1. The molecule has 0 saturated carbocycles. The predicted octanol–water partition coefficient (Wildman–Crippen LogP) is 2.88. The summed E-state index contributed by atoms with van der Waals surface area (Å²) in [5, 5.41) is 0. The zero-order chi connectivity index (χ0) is 11.3. The second-order valence-corrected chi connectivity index (χ2v) is 3.45. The van der Waals surface area contributed by atoms with E-state index in [1.807, 2.05) is 26.0 Å². The number of ether oxygens (including phenoxy) is 1. The number of esters is 1. The monoisotopic (exact) mass is 204 g/mol. The van der Waals surface area contributed by atoms with Gasteiger partial charge in [-0.2, -0.15) is 0 Å². The molecule has 0 unspecified atom stereocenters. The fourth-order valence-electron chi connectivity index (χ4n) is 1.29. The highest BCUT2D eigenvalue weighted by atomic mass is 16.5. The normalized spacial score (nSPS) is 10.6. The van der Waals surface area contributed by atoms with Crippen LogP contribution in [0.2, 0.25) is 0 Å². The molecule has 0 N–H and O–H groups in total. The van der Waals surface area contributed by atoms with Crippen LogP contribution >= 0.6 is 0 Å². The van der Waals surface area contributed by atoms with E-state index in [1.54, 1.807) is 13.0 Å². The van der Waals surface area contributed by atoms with E-state index in [0.29, 0.717) is 6.61 Å². The Labute approximate surface area is 90.6 Å². The number of carbonyl (C=O) groups is 1. The largest absolute Gasteiger partial charge is 0.463 e. The summed E-state index contributed by atoms with van der Waals surface area (Å²) in [7, 11) is 0. The van der Waals surface area contributed by atoms with Crippen LogP contribution in [0.4, 0.5) is 0 Å². The zero-order valence-electron chi connectivity index (χ0n) is 9.41. The van der Waals surface area contributed by atoms with Gasteiger partial charge in [-0.1, -0.05) is 23.8 Å². The highest BCUT2D eigenvalue weighted by Gasteiger charge is 1.97. The first kappa shape index (κ1) is 11.5.